The van der Waals surface area contributed by atoms with Crippen molar-refractivity contribution in [1.29, 1.82) is 0 Å². The molecule has 4 unspecified atom stereocenters. The van der Waals surface area contributed by atoms with Gasteiger partial charge in [-0.05, 0) is 52.1 Å². The fraction of sp³-hybridized carbons (Fsp3) is 0.611. The Bertz CT molecular complexity index is 475. The Morgan fingerprint density at radius 2 is 2.00 bits per heavy atom. The third-order valence-electron chi connectivity index (χ3n) is 4.57. The van der Waals surface area contributed by atoms with Gasteiger partial charge in [0.05, 0.1) is 18.2 Å². The fourth-order valence-corrected chi connectivity index (χ4v) is 3.32. The van der Waals surface area contributed by atoms with Gasteiger partial charge in [0, 0.05) is 6.04 Å². The number of likely N-dealkylation sites (tertiary alicyclic amines) is 1. The molecule has 4 nitrogen and oxygen atoms in total. The molecule has 0 radical (unpaired) electrons. The van der Waals surface area contributed by atoms with E-state index in [1.54, 1.807) is 0 Å². The molecule has 122 valence electrons. The van der Waals surface area contributed by atoms with Gasteiger partial charge >= 0.3 is 0 Å². The van der Waals surface area contributed by atoms with Gasteiger partial charge < -0.3 is 10.4 Å². The molecular weight excluding hydrogens is 276 g/mol. The molecule has 1 fully saturated rings. The van der Waals surface area contributed by atoms with Gasteiger partial charge in [0.2, 0.25) is 5.91 Å². The average Bonchev–Trinajstić information content (AvgIpc) is 2.94. The number of carbonyl (C=O) groups excluding carboxylic acids is 1. The van der Waals surface area contributed by atoms with E-state index in [4.69, 9.17) is 0 Å². The number of hydrogen-bond donors (Lipinski definition) is 2. The van der Waals surface area contributed by atoms with E-state index in [0.717, 1.165) is 31.4 Å². The van der Waals surface area contributed by atoms with Crippen LogP contribution in [0.3, 0.4) is 0 Å². The van der Waals surface area contributed by atoms with Crippen LogP contribution >= 0.6 is 0 Å². The summed E-state index contributed by atoms with van der Waals surface area (Å²) < 4.78 is 0. The maximum absolute atomic E-state index is 12.5. The van der Waals surface area contributed by atoms with Gasteiger partial charge in [0.15, 0.2) is 0 Å². The molecule has 0 aromatic heterocycles. The van der Waals surface area contributed by atoms with Crippen LogP contribution in [0, 0.1) is 0 Å². The highest BCUT2D eigenvalue weighted by molar-refractivity contribution is 5.81. The van der Waals surface area contributed by atoms with E-state index in [1.165, 1.54) is 0 Å². The lowest BCUT2D eigenvalue weighted by molar-refractivity contribution is -0.127. The molecule has 0 aliphatic carbocycles. The highest BCUT2D eigenvalue weighted by atomic mass is 16.3. The van der Waals surface area contributed by atoms with Crippen LogP contribution in [0.5, 0.6) is 0 Å². The molecule has 2 N–H and O–H groups in total. The Hall–Kier alpha value is -1.39. The predicted molar refractivity (Wildman–Crippen MR) is 88.5 cm³/mol. The Kier molecular flexibility index (Phi) is 5.98. The first kappa shape index (κ1) is 17.0. The smallest absolute Gasteiger partial charge is 0.237 e. The van der Waals surface area contributed by atoms with Crippen molar-refractivity contribution in [1.82, 2.24) is 10.2 Å². The molecule has 4 heteroatoms. The van der Waals surface area contributed by atoms with E-state index in [-0.39, 0.29) is 24.1 Å². The summed E-state index contributed by atoms with van der Waals surface area (Å²) >= 11 is 0. The first-order valence-corrected chi connectivity index (χ1v) is 8.28. The molecule has 0 spiro atoms. The highest BCUT2D eigenvalue weighted by Crippen LogP contribution is 2.24. The molecule has 0 bridgehead atoms. The number of aliphatic hydroxyl groups is 1. The van der Waals surface area contributed by atoms with Crippen LogP contribution in [0.1, 0.15) is 51.6 Å². The number of amides is 1. The van der Waals surface area contributed by atoms with E-state index >= 15 is 0 Å². The third-order valence-corrected chi connectivity index (χ3v) is 4.57. The molecule has 1 aromatic rings. The Morgan fingerprint density at radius 1 is 1.32 bits per heavy atom. The number of carbonyl (C=O) groups is 1. The lowest BCUT2D eigenvalue weighted by atomic mass is 10.1. The third kappa shape index (κ3) is 4.31. The molecule has 4 atom stereocenters. The second-order valence-electron chi connectivity index (χ2n) is 6.44. The number of hydrogen-bond acceptors (Lipinski definition) is 3. The molecule has 1 saturated heterocycles. The summed E-state index contributed by atoms with van der Waals surface area (Å²) in [4.78, 5) is 14.8. The minimum Gasteiger partial charge on any atom is -0.393 e. The van der Waals surface area contributed by atoms with E-state index in [0.29, 0.717) is 6.04 Å². The number of aliphatic hydroxyl groups excluding tert-OH is 1. The number of nitrogens with zero attached hydrogens (tertiary/aromatic N) is 1. The molecule has 1 aliphatic heterocycles. The average molecular weight is 304 g/mol. The first-order chi connectivity index (χ1) is 10.5. The van der Waals surface area contributed by atoms with Crippen molar-refractivity contribution in [3.05, 3.63) is 35.9 Å². The maximum Gasteiger partial charge on any atom is 0.237 e. The summed E-state index contributed by atoms with van der Waals surface area (Å²) in [6.07, 6.45) is 2.59. The van der Waals surface area contributed by atoms with Gasteiger partial charge in [-0.1, -0.05) is 30.3 Å². The van der Waals surface area contributed by atoms with E-state index in [2.05, 4.69) is 10.2 Å². The van der Waals surface area contributed by atoms with Gasteiger partial charge in [0.25, 0.3) is 0 Å². The number of nitrogens with one attached hydrogen (secondary N) is 1. The molecule has 1 heterocycles. The summed E-state index contributed by atoms with van der Waals surface area (Å²) in [5.74, 6) is 0.0637. The highest BCUT2D eigenvalue weighted by Gasteiger charge is 2.32. The molecule has 22 heavy (non-hydrogen) atoms. The Morgan fingerprint density at radius 3 is 2.64 bits per heavy atom. The summed E-state index contributed by atoms with van der Waals surface area (Å²) in [6, 6.07) is 10.2. The van der Waals surface area contributed by atoms with E-state index < -0.39 is 0 Å². The van der Waals surface area contributed by atoms with E-state index in [9.17, 15) is 9.90 Å². The van der Waals surface area contributed by atoms with Crippen LogP contribution < -0.4 is 5.32 Å². The second kappa shape index (κ2) is 7.75. The largest absolute Gasteiger partial charge is 0.393 e. The van der Waals surface area contributed by atoms with Crippen LogP contribution in [-0.4, -0.2) is 40.6 Å². The summed E-state index contributed by atoms with van der Waals surface area (Å²) in [5.41, 5.74) is 1.12. The van der Waals surface area contributed by atoms with Crippen molar-refractivity contribution in [2.45, 2.75) is 64.3 Å². The number of benzene rings is 1. The first-order valence-electron chi connectivity index (χ1n) is 8.28. The summed E-state index contributed by atoms with van der Waals surface area (Å²) in [7, 11) is 0. The Labute approximate surface area is 133 Å². The second-order valence-corrected chi connectivity index (χ2v) is 6.44. The van der Waals surface area contributed by atoms with Crippen LogP contribution in [0.25, 0.3) is 0 Å². The van der Waals surface area contributed by atoms with Crippen LogP contribution in [-0.2, 0) is 4.79 Å². The standard InChI is InChI=1S/C18H28N2O2/c1-13(21)12-17-10-7-11-20(17)15(3)18(22)19-14(2)16-8-5-4-6-9-16/h4-6,8-9,13-15,17,21H,7,10-12H2,1-3H3,(H,19,22). The van der Waals surface area contributed by atoms with E-state index in [1.807, 2.05) is 51.1 Å². The monoisotopic (exact) mass is 304 g/mol. The predicted octanol–water partition coefficient (Wildman–Crippen LogP) is 2.49. The van der Waals surface area contributed by atoms with Gasteiger partial charge in [-0.2, -0.15) is 0 Å². The fourth-order valence-electron chi connectivity index (χ4n) is 3.32. The zero-order valence-corrected chi connectivity index (χ0v) is 13.8. The van der Waals surface area contributed by atoms with Gasteiger partial charge in [-0.3, -0.25) is 9.69 Å². The Balaban J connectivity index is 1.94. The molecule has 1 aliphatic rings. The molecule has 1 aromatic carbocycles. The molecule has 0 saturated carbocycles. The van der Waals surface area contributed by atoms with Gasteiger partial charge in [0.1, 0.15) is 0 Å². The van der Waals surface area contributed by atoms with Crippen molar-refractivity contribution in [3.8, 4) is 0 Å². The lowest BCUT2D eigenvalue weighted by Gasteiger charge is -2.31. The summed E-state index contributed by atoms with van der Waals surface area (Å²) in [6.45, 7) is 6.73. The quantitative estimate of drug-likeness (QED) is 0.849. The normalized spacial score (nSPS) is 23.0. The van der Waals surface area contributed by atoms with Crippen LogP contribution in [0.15, 0.2) is 30.3 Å². The molecule has 2 rings (SSSR count). The van der Waals surface area contributed by atoms with Crippen LogP contribution in [0.2, 0.25) is 0 Å². The van der Waals surface area contributed by atoms with Crippen LogP contribution in [0.4, 0.5) is 0 Å². The topological polar surface area (TPSA) is 52.6 Å². The maximum atomic E-state index is 12.5. The zero-order valence-electron chi connectivity index (χ0n) is 13.8. The van der Waals surface area contributed by atoms with Crippen molar-refractivity contribution in [2.24, 2.45) is 0 Å². The van der Waals surface area contributed by atoms with Crippen molar-refractivity contribution >= 4 is 5.91 Å². The molecule has 1 amide bonds. The molecular formula is C18H28N2O2. The van der Waals surface area contributed by atoms with Gasteiger partial charge in [-0.15, -0.1) is 0 Å². The van der Waals surface area contributed by atoms with Crippen molar-refractivity contribution < 1.29 is 9.90 Å². The minimum absolute atomic E-state index is 0.00830. The minimum atomic E-state index is -0.316. The van der Waals surface area contributed by atoms with Crippen molar-refractivity contribution in [2.75, 3.05) is 6.54 Å². The van der Waals surface area contributed by atoms with Crippen molar-refractivity contribution in [3.63, 3.8) is 0 Å². The van der Waals surface area contributed by atoms with Gasteiger partial charge in [-0.25, -0.2) is 0 Å². The summed E-state index contributed by atoms with van der Waals surface area (Å²) in [5, 5.41) is 12.7. The number of rotatable bonds is 6. The lowest BCUT2D eigenvalue weighted by Crippen LogP contribution is -2.48. The zero-order chi connectivity index (χ0) is 16.1. The SMILES string of the molecule is CC(O)CC1CCCN1C(C)C(=O)NC(C)c1ccccc1.